The molecule has 1 aliphatic rings. The fourth-order valence-electron chi connectivity index (χ4n) is 5.17. The number of nitrogens with zero attached hydrogens (tertiary/aromatic N) is 3. The summed E-state index contributed by atoms with van der Waals surface area (Å²) in [5.41, 5.74) is 7.33. The van der Waals surface area contributed by atoms with Gasteiger partial charge in [0.15, 0.2) is 11.5 Å². The number of ether oxygens (including phenoxy) is 2. The molecule has 8 nitrogen and oxygen atoms in total. The van der Waals surface area contributed by atoms with Crippen molar-refractivity contribution in [3.05, 3.63) is 104 Å². The fourth-order valence-corrected chi connectivity index (χ4v) is 5.75. The standard InChI is InChI=1S/C34H38BrN5O3/c1-8-42-28-17-24(16-26(35)31(28)43-18-23-12-14-25(15-13-23)34(5,6)7)30-29(22(4)38-33-36-19-37-40(30)33)32(41)39-27-11-9-10-20(2)21(27)3/h9-17,19,30H,8,18H2,1-7H3,(H,39,41)(H,36,37,38). The van der Waals surface area contributed by atoms with Gasteiger partial charge in [0.25, 0.3) is 5.91 Å². The molecule has 0 bridgehead atoms. The third kappa shape index (κ3) is 6.32. The Morgan fingerprint density at radius 2 is 1.81 bits per heavy atom. The largest absolute Gasteiger partial charge is 0.490 e. The Labute approximate surface area is 261 Å². The van der Waals surface area contributed by atoms with Crippen LogP contribution in [-0.2, 0) is 16.8 Å². The number of allylic oxidation sites excluding steroid dienone is 1. The SMILES string of the molecule is CCOc1cc(C2C(C(=O)Nc3cccc(C)c3C)=C(C)Nc3ncnn32)cc(Br)c1OCc1ccc(C(C)(C)C)cc1. The van der Waals surface area contributed by atoms with Gasteiger partial charge in [-0.05, 0) is 95.1 Å². The predicted octanol–water partition coefficient (Wildman–Crippen LogP) is 7.86. The highest BCUT2D eigenvalue weighted by Gasteiger charge is 2.35. The minimum Gasteiger partial charge on any atom is -0.490 e. The van der Waals surface area contributed by atoms with Crippen LogP contribution in [0.5, 0.6) is 11.5 Å². The molecule has 5 rings (SSSR count). The Kier molecular flexibility index (Phi) is 8.64. The molecular formula is C34H38BrN5O3. The molecule has 1 unspecified atom stereocenters. The lowest BCUT2D eigenvalue weighted by molar-refractivity contribution is -0.113. The number of hydrogen-bond donors (Lipinski definition) is 2. The van der Waals surface area contributed by atoms with Crippen LogP contribution >= 0.6 is 15.9 Å². The van der Waals surface area contributed by atoms with Crippen LogP contribution in [-0.4, -0.2) is 27.3 Å². The molecular weight excluding hydrogens is 606 g/mol. The molecule has 0 saturated carbocycles. The number of halogens is 1. The summed E-state index contributed by atoms with van der Waals surface area (Å²) < 4.78 is 14.8. The molecule has 224 valence electrons. The number of aromatic nitrogens is 3. The van der Waals surface area contributed by atoms with Crippen molar-refractivity contribution in [2.75, 3.05) is 17.2 Å². The van der Waals surface area contributed by atoms with Crippen LogP contribution < -0.4 is 20.1 Å². The van der Waals surface area contributed by atoms with E-state index >= 15 is 0 Å². The van der Waals surface area contributed by atoms with E-state index in [9.17, 15) is 4.79 Å². The summed E-state index contributed by atoms with van der Waals surface area (Å²) in [7, 11) is 0. The van der Waals surface area contributed by atoms with Crippen molar-refractivity contribution in [1.29, 1.82) is 0 Å². The fraction of sp³-hybridized carbons (Fsp3) is 0.324. The summed E-state index contributed by atoms with van der Waals surface area (Å²) >= 11 is 3.74. The van der Waals surface area contributed by atoms with Crippen LogP contribution in [0.2, 0.25) is 0 Å². The Morgan fingerprint density at radius 1 is 1.07 bits per heavy atom. The van der Waals surface area contributed by atoms with Crippen LogP contribution in [0.4, 0.5) is 11.6 Å². The zero-order valence-electron chi connectivity index (χ0n) is 25.7. The number of rotatable bonds is 8. The average molecular weight is 645 g/mol. The average Bonchev–Trinajstić information content (AvgIpc) is 3.42. The van der Waals surface area contributed by atoms with Crippen LogP contribution in [0.3, 0.4) is 0 Å². The number of fused-ring (bicyclic) bond motifs is 1. The van der Waals surface area contributed by atoms with E-state index in [1.165, 1.54) is 11.9 Å². The minimum absolute atomic E-state index is 0.0837. The second-order valence-corrected chi connectivity index (χ2v) is 12.6. The molecule has 1 aromatic heterocycles. The molecule has 4 aromatic rings. The van der Waals surface area contributed by atoms with E-state index < -0.39 is 6.04 Å². The molecule has 1 amide bonds. The van der Waals surface area contributed by atoms with Crippen LogP contribution in [0.15, 0.2) is 76.7 Å². The highest BCUT2D eigenvalue weighted by molar-refractivity contribution is 9.10. The molecule has 2 N–H and O–H groups in total. The summed E-state index contributed by atoms with van der Waals surface area (Å²) in [5, 5.41) is 10.9. The molecule has 1 atom stereocenters. The topological polar surface area (TPSA) is 90.3 Å². The highest BCUT2D eigenvalue weighted by atomic mass is 79.9. The monoisotopic (exact) mass is 643 g/mol. The Bertz CT molecular complexity index is 1690. The van der Waals surface area contributed by atoms with Gasteiger partial charge >= 0.3 is 0 Å². The first-order valence-electron chi connectivity index (χ1n) is 14.4. The van der Waals surface area contributed by atoms with Gasteiger partial charge in [-0.1, -0.05) is 57.2 Å². The molecule has 0 saturated heterocycles. The molecule has 3 aromatic carbocycles. The molecule has 9 heteroatoms. The summed E-state index contributed by atoms with van der Waals surface area (Å²) in [4.78, 5) is 18.3. The lowest BCUT2D eigenvalue weighted by Gasteiger charge is -2.29. The van der Waals surface area contributed by atoms with Gasteiger partial charge in [-0.25, -0.2) is 4.68 Å². The molecule has 2 heterocycles. The number of aryl methyl sites for hydroxylation is 1. The van der Waals surface area contributed by atoms with E-state index in [0.717, 1.165) is 27.9 Å². The maximum absolute atomic E-state index is 13.9. The second kappa shape index (κ2) is 12.2. The number of hydrogen-bond acceptors (Lipinski definition) is 6. The third-order valence-electron chi connectivity index (χ3n) is 7.74. The number of amides is 1. The van der Waals surface area contributed by atoms with Crippen LogP contribution in [0.25, 0.3) is 0 Å². The quantitative estimate of drug-likeness (QED) is 0.203. The number of nitrogens with one attached hydrogen (secondary N) is 2. The van der Waals surface area contributed by atoms with Crippen LogP contribution in [0.1, 0.15) is 68.5 Å². The minimum atomic E-state index is -0.557. The Balaban J connectivity index is 1.49. The van der Waals surface area contributed by atoms with E-state index in [1.54, 1.807) is 4.68 Å². The first kappa shape index (κ1) is 30.4. The Morgan fingerprint density at radius 3 is 2.51 bits per heavy atom. The smallest absolute Gasteiger partial charge is 0.255 e. The summed E-state index contributed by atoms with van der Waals surface area (Å²) in [5.74, 6) is 1.50. The number of benzene rings is 3. The van der Waals surface area contributed by atoms with E-state index in [1.807, 2.05) is 58.0 Å². The van der Waals surface area contributed by atoms with Gasteiger partial charge in [-0.2, -0.15) is 10.1 Å². The molecule has 0 fully saturated rings. The van der Waals surface area contributed by atoms with E-state index in [0.29, 0.717) is 46.4 Å². The highest BCUT2D eigenvalue weighted by Crippen LogP contribution is 2.43. The molecule has 0 aliphatic carbocycles. The first-order valence-corrected chi connectivity index (χ1v) is 15.2. The number of anilines is 2. The van der Waals surface area contributed by atoms with E-state index in [4.69, 9.17) is 9.47 Å². The molecule has 0 radical (unpaired) electrons. The van der Waals surface area contributed by atoms with E-state index in [2.05, 4.69) is 81.7 Å². The van der Waals surface area contributed by atoms with Gasteiger partial charge in [-0.3, -0.25) is 4.79 Å². The van der Waals surface area contributed by atoms with Gasteiger partial charge in [0, 0.05) is 11.4 Å². The van der Waals surface area contributed by atoms with Crippen LogP contribution in [0, 0.1) is 13.8 Å². The number of carbonyl (C=O) groups is 1. The summed E-state index contributed by atoms with van der Waals surface area (Å²) in [6.07, 6.45) is 1.48. The lowest BCUT2D eigenvalue weighted by atomic mass is 9.87. The Hall–Kier alpha value is -4.11. The summed E-state index contributed by atoms with van der Waals surface area (Å²) in [6.45, 7) is 15.3. The van der Waals surface area contributed by atoms with Crippen molar-refractivity contribution >= 4 is 33.5 Å². The van der Waals surface area contributed by atoms with Gasteiger partial charge in [0.1, 0.15) is 19.0 Å². The third-order valence-corrected chi connectivity index (χ3v) is 8.33. The van der Waals surface area contributed by atoms with Crippen molar-refractivity contribution in [3.63, 3.8) is 0 Å². The molecule has 1 aliphatic heterocycles. The van der Waals surface area contributed by atoms with Gasteiger partial charge in [-0.15, -0.1) is 0 Å². The van der Waals surface area contributed by atoms with Crippen molar-refractivity contribution in [2.45, 2.75) is 66.5 Å². The van der Waals surface area contributed by atoms with E-state index in [-0.39, 0.29) is 11.3 Å². The zero-order chi connectivity index (χ0) is 30.9. The number of carbonyl (C=O) groups excluding carboxylic acids is 1. The van der Waals surface area contributed by atoms with Crippen molar-refractivity contribution in [2.24, 2.45) is 0 Å². The summed E-state index contributed by atoms with van der Waals surface area (Å²) in [6, 6.07) is 17.7. The van der Waals surface area contributed by atoms with Gasteiger partial charge < -0.3 is 20.1 Å². The molecule has 0 spiro atoms. The maximum Gasteiger partial charge on any atom is 0.255 e. The predicted molar refractivity (Wildman–Crippen MR) is 174 cm³/mol. The molecule has 43 heavy (non-hydrogen) atoms. The van der Waals surface area contributed by atoms with Crippen molar-refractivity contribution < 1.29 is 14.3 Å². The maximum atomic E-state index is 13.9. The second-order valence-electron chi connectivity index (χ2n) is 11.8. The van der Waals surface area contributed by atoms with Crippen molar-refractivity contribution in [1.82, 2.24) is 14.8 Å². The first-order chi connectivity index (χ1) is 20.5. The van der Waals surface area contributed by atoms with Gasteiger partial charge in [0.2, 0.25) is 5.95 Å². The lowest BCUT2D eigenvalue weighted by Crippen LogP contribution is -2.31. The zero-order valence-corrected chi connectivity index (χ0v) is 27.3. The van der Waals surface area contributed by atoms with Gasteiger partial charge in [0.05, 0.1) is 16.7 Å². The van der Waals surface area contributed by atoms with Crippen molar-refractivity contribution in [3.8, 4) is 11.5 Å². The normalized spacial score (nSPS) is 14.7.